The first-order valence-electron chi connectivity index (χ1n) is 7.34. The Kier molecular flexibility index (Phi) is 4.57. The molecule has 0 spiro atoms. The standard InChI is InChI=1S/C16H16N4O3S/c1-9-12(15(17-3)24-20-9)16(21)22-10(2)13-18-19-14(23-13)11-7-5-4-6-8-11/h4-8,10,17H,1-3H3. The summed E-state index contributed by atoms with van der Waals surface area (Å²) >= 11 is 1.22. The quantitative estimate of drug-likeness (QED) is 0.709. The molecule has 1 atom stereocenters. The number of hydrogen-bond acceptors (Lipinski definition) is 8. The van der Waals surface area contributed by atoms with E-state index in [0.29, 0.717) is 22.1 Å². The highest BCUT2D eigenvalue weighted by Crippen LogP contribution is 2.28. The number of aromatic nitrogens is 3. The summed E-state index contributed by atoms with van der Waals surface area (Å²) in [7, 11) is 1.73. The maximum Gasteiger partial charge on any atom is 0.343 e. The molecule has 3 rings (SSSR count). The molecule has 0 saturated heterocycles. The fourth-order valence-corrected chi connectivity index (χ4v) is 2.88. The molecule has 124 valence electrons. The minimum atomic E-state index is -0.661. The minimum absolute atomic E-state index is 0.244. The topological polar surface area (TPSA) is 90.1 Å². The fourth-order valence-electron chi connectivity index (χ4n) is 2.15. The van der Waals surface area contributed by atoms with Gasteiger partial charge in [-0.15, -0.1) is 10.2 Å². The molecule has 1 N–H and O–H groups in total. The SMILES string of the molecule is CNc1snc(C)c1C(=O)OC(C)c1nnc(-c2ccccc2)o1. The third-order valence-corrected chi connectivity index (χ3v) is 4.34. The number of nitrogens with zero attached hydrogens (tertiary/aromatic N) is 3. The molecule has 7 nitrogen and oxygen atoms in total. The first kappa shape index (κ1) is 16.1. The van der Waals surface area contributed by atoms with E-state index < -0.39 is 12.1 Å². The highest BCUT2D eigenvalue weighted by atomic mass is 32.1. The summed E-state index contributed by atoms with van der Waals surface area (Å²) in [5.74, 6) is 0.157. The Morgan fingerprint density at radius 2 is 2.04 bits per heavy atom. The van der Waals surface area contributed by atoms with Gasteiger partial charge in [-0.1, -0.05) is 18.2 Å². The van der Waals surface area contributed by atoms with Crippen molar-refractivity contribution in [2.75, 3.05) is 12.4 Å². The number of hydrogen-bond donors (Lipinski definition) is 1. The molecule has 0 aliphatic heterocycles. The summed E-state index contributed by atoms with van der Waals surface area (Å²) < 4.78 is 15.2. The zero-order valence-corrected chi connectivity index (χ0v) is 14.3. The Hall–Kier alpha value is -2.74. The lowest BCUT2D eigenvalue weighted by molar-refractivity contribution is 0.0280. The molecule has 0 amide bonds. The van der Waals surface area contributed by atoms with E-state index in [0.717, 1.165) is 5.56 Å². The monoisotopic (exact) mass is 344 g/mol. The van der Waals surface area contributed by atoms with Gasteiger partial charge in [0.2, 0.25) is 5.89 Å². The van der Waals surface area contributed by atoms with Gasteiger partial charge in [0.25, 0.3) is 5.89 Å². The first-order chi connectivity index (χ1) is 11.6. The Bertz CT molecular complexity index is 844. The van der Waals surface area contributed by atoms with E-state index >= 15 is 0 Å². The van der Waals surface area contributed by atoms with Crippen LogP contribution in [0.3, 0.4) is 0 Å². The zero-order valence-electron chi connectivity index (χ0n) is 13.4. The third-order valence-electron chi connectivity index (χ3n) is 3.39. The molecule has 2 heterocycles. The molecule has 0 aliphatic carbocycles. The van der Waals surface area contributed by atoms with Crippen LogP contribution in [0.1, 0.15) is 35.0 Å². The van der Waals surface area contributed by atoms with E-state index in [-0.39, 0.29) is 5.89 Å². The van der Waals surface area contributed by atoms with Crippen LogP contribution in [0.2, 0.25) is 0 Å². The lowest BCUT2D eigenvalue weighted by Gasteiger charge is -2.10. The van der Waals surface area contributed by atoms with Crippen molar-refractivity contribution in [3.05, 3.63) is 47.5 Å². The van der Waals surface area contributed by atoms with Gasteiger partial charge in [-0.2, -0.15) is 4.37 Å². The van der Waals surface area contributed by atoms with Gasteiger partial charge < -0.3 is 14.5 Å². The highest BCUT2D eigenvalue weighted by Gasteiger charge is 2.24. The number of anilines is 1. The number of nitrogens with one attached hydrogen (secondary N) is 1. The summed E-state index contributed by atoms with van der Waals surface area (Å²) in [5.41, 5.74) is 1.86. The Morgan fingerprint density at radius 3 is 2.75 bits per heavy atom. The van der Waals surface area contributed by atoms with Crippen LogP contribution in [0, 0.1) is 6.92 Å². The van der Waals surface area contributed by atoms with Crippen LogP contribution in [0.5, 0.6) is 0 Å². The number of carbonyl (C=O) groups is 1. The molecule has 1 aromatic carbocycles. The second kappa shape index (κ2) is 6.79. The molecule has 24 heavy (non-hydrogen) atoms. The number of esters is 1. The van der Waals surface area contributed by atoms with E-state index in [1.165, 1.54) is 11.5 Å². The van der Waals surface area contributed by atoms with E-state index in [1.54, 1.807) is 20.9 Å². The summed E-state index contributed by atoms with van der Waals surface area (Å²) in [6.07, 6.45) is -0.661. The molecule has 0 fully saturated rings. The third kappa shape index (κ3) is 3.13. The van der Waals surface area contributed by atoms with Crippen molar-refractivity contribution >= 4 is 22.5 Å². The highest BCUT2D eigenvalue weighted by molar-refractivity contribution is 7.10. The van der Waals surface area contributed by atoms with Crippen molar-refractivity contribution in [3.8, 4) is 11.5 Å². The van der Waals surface area contributed by atoms with Crippen molar-refractivity contribution < 1.29 is 13.9 Å². The van der Waals surface area contributed by atoms with Crippen LogP contribution in [0.4, 0.5) is 5.00 Å². The van der Waals surface area contributed by atoms with Crippen molar-refractivity contribution in [2.45, 2.75) is 20.0 Å². The van der Waals surface area contributed by atoms with Gasteiger partial charge in [0.1, 0.15) is 10.6 Å². The molecule has 2 aromatic heterocycles. The number of ether oxygens (including phenoxy) is 1. The van der Waals surface area contributed by atoms with Crippen LogP contribution in [0.25, 0.3) is 11.5 Å². The molecule has 0 aliphatic rings. The largest absolute Gasteiger partial charge is 0.449 e. The molecule has 3 aromatic rings. The molecule has 1 unspecified atom stereocenters. The van der Waals surface area contributed by atoms with Gasteiger partial charge in [0.05, 0.1) is 5.69 Å². The smallest absolute Gasteiger partial charge is 0.343 e. The van der Waals surface area contributed by atoms with Crippen LogP contribution >= 0.6 is 11.5 Å². The molecular weight excluding hydrogens is 328 g/mol. The first-order valence-corrected chi connectivity index (χ1v) is 8.11. The predicted octanol–water partition coefficient (Wildman–Crippen LogP) is 3.46. The Morgan fingerprint density at radius 1 is 1.29 bits per heavy atom. The predicted molar refractivity (Wildman–Crippen MR) is 90.0 cm³/mol. The number of aryl methyl sites for hydroxylation is 1. The van der Waals surface area contributed by atoms with Gasteiger partial charge >= 0.3 is 5.97 Å². The maximum absolute atomic E-state index is 12.4. The number of benzene rings is 1. The average Bonchev–Trinajstić information content (AvgIpc) is 3.22. The van der Waals surface area contributed by atoms with Crippen molar-refractivity contribution in [3.63, 3.8) is 0 Å². The minimum Gasteiger partial charge on any atom is -0.449 e. The van der Waals surface area contributed by atoms with Gasteiger partial charge in [0, 0.05) is 12.6 Å². The van der Waals surface area contributed by atoms with Gasteiger partial charge in [-0.05, 0) is 37.5 Å². The van der Waals surface area contributed by atoms with Crippen molar-refractivity contribution in [2.24, 2.45) is 0 Å². The fraction of sp³-hybridized carbons (Fsp3) is 0.250. The summed E-state index contributed by atoms with van der Waals surface area (Å²) in [6, 6.07) is 9.41. The lowest BCUT2D eigenvalue weighted by Crippen LogP contribution is -2.11. The van der Waals surface area contributed by atoms with Gasteiger partial charge in [0.15, 0.2) is 6.10 Å². The molecular formula is C16H16N4O3S. The van der Waals surface area contributed by atoms with Gasteiger partial charge in [-0.3, -0.25) is 0 Å². The number of rotatable bonds is 5. The molecule has 8 heteroatoms. The maximum atomic E-state index is 12.4. The molecule has 0 bridgehead atoms. The van der Waals surface area contributed by atoms with Crippen LogP contribution in [-0.2, 0) is 4.74 Å². The van der Waals surface area contributed by atoms with Crippen LogP contribution in [-0.4, -0.2) is 27.6 Å². The normalized spacial score (nSPS) is 12.0. The summed E-state index contributed by atoms with van der Waals surface area (Å²) in [5, 5.41) is 11.6. The van der Waals surface area contributed by atoms with E-state index in [1.807, 2.05) is 30.3 Å². The summed E-state index contributed by atoms with van der Waals surface area (Å²) in [4.78, 5) is 12.4. The Labute approximate surface area is 142 Å². The Balaban J connectivity index is 1.76. The average molecular weight is 344 g/mol. The van der Waals surface area contributed by atoms with Gasteiger partial charge in [-0.25, -0.2) is 4.79 Å². The second-order valence-electron chi connectivity index (χ2n) is 5.08. The van der Waals surface area contributed by atoms with Crippen molar-refractivity contribution in [1.82, 2.24) is 14.6 Å². The molecule has 0 radical (unpaired) electrons. The van der Waals surface area contributed by atoms with E-state index in [9.17, 15) is 4.79 Å². The zero-order chi connectivity index (χ0) is 17.1. The molecule has 0 saturated carbocycles. The van der Waals surface area contributed by atoms with E-state index in [4.69, 9.17) is 9.15 Å². The van der Waals surface area contributed by atoms with Crippen molar-refractivity contribution in [1.29, 1.82) is 0 Å². The lowest BCUT2D eigenvalue weighted by atomic mass is 10.2. The number of carbonyl (C=O) groups excluding carboxylic acids is 1. The van der Waals surface area contributed by atoms with E-state index in [2.05, 4.69) is 19.9 Å². The van der Waals surface area contributed by atoms with Crippen LogP contribution in [0.15, 0.2) is 34.7 Å². The summed E-state index contributed by atoms with van der Waals surface area (Å²) in [6.45, 7) is 3.45. The van der Waals surface area contributed by atoms with Crippen LogP contribution < -0.4 is 5.32 Å². The second-order valence-corrected chi connectivity index (χ2v) is 5.85.